The minimum absolute atomic E-state index is 0.0739. The van der Waals surface area contributed by atoms with Crippen molar-refractivity contribution in [2.75, 3.05) is 17.3 Å². The fourth-order valence-corrected chi connectivity index (χ4v) is 2.89. The van der Waals surface area contributed by atoms with Gasteiger partial charge >= 0.3 is 0 Å². The van der Waals surface area contributed by atoms with Crippen LogP contribution in [0.3, 0.4) is 0 Å². The Labute approximate surface area is 157 Å². The molecule has 1 aliphatic rings. The van der Waals surface area contributed by atoms with Crippen molar-refractivity contribution < 1.29 is 14.3 Å². The molecular formula is C20H19ClN2O3. The Morgan fingerprint density at radius 1 is 0.962 bits per heavy atom. The fourth-order valence-electron chi connectivity index (χ4n) is 2.67. The van der Waals surface area contributed by atoms with Crippen molar-refractivity contribution in [3.8, 4) is 5.75 Å². The maximum Gasteiger partial charge on any atom is 0.283 e. The highest BCUT2D eigenvalue weighted by atomic mass is 35.5. The predicted octanol–water partition coefficient (Wildman–Crippen LogP) is 4.25. The summed E-state index contributed by atoms with van der Waals surface area (Å²) in [4.78, 5) is 26.2. The summed E-state index contributed by atoms with van der Waals surface area (Å²) in [6.45, 7) is 4.21. The van der Waals surface area contributed by atoms with Gasteiger partial charge in [0, 0.05) is 5.69 Å². The number of hydrogen-bond donors (Lipinski definition) is 1. The molecule has 134 valence electrons. The van der Waals surface area contributed by atoms with E-state index in [1.165, 1.54) is 5.56 Å². The first-order chi connectivity index (χ1) is 12.4. The van der Waals surface area contributed by atoms with Gasteiger partial charge in [-0.05, 0) is 47.9 Å². The van der Waals surface area contributed by atoms with Crippen molar-refractivity contribution in [2.45, 2.75) is 19.8 Å². The van der Waals surface area contributed by atoms with Crippen molar-refractivity contribution >= 4 is 34.8 Å². The van der Waals surface area contributed by atoms with Crippen LogP contribution in [0.4, 0.5) is 11.4 Å². The summed E-state index contributed by atoms with van der Waals surface area (Å²) in [5.74, 6) is 0.00355. The zero-order valence-electron chi connectivity index (χ0n) is 14.7. The molecule has 0 saturated carbocycles. The highest BCUT2D eigenvalue weighted by molar-refractivity contribution is 6.53. The minimum Gasteiger partial charge on any atom is -0.497 e. The van der Waals surface area contributed by atoms with Crippen molar-refractivity contribution in [1.82, 2.24) is 0 Å². The molecular weight excluding hydrogens is 352 g/mol. The molecule has 1 heterocycles. The van der Waals surface area contributed by atoms with Crippen molar-refractivity contribution in [2.24, 2.45) is 0 Å². The van der Waals surface area contributed by atoms with E-state index in [9.17, 15) is 9.59 Å². The number of benzene rings is 2. The number of amides is 2. The third-order valence-corrected chi connectivity index (χ3v) is 4.56. The Balaban J connectivity index is 1.83. The molecule has 0 radical (unpaired) electrons. The molecule has 0 atom stereocenters. The second-order valence-corrected chi connectivity index (χ2v) is 6.61. The predicted molar refractivity (Wildman–Crippen MR) is 103 cm³/mol. The number of ether oxygens (including phenoxy) is 1. The van der Waals surface area contributed by atoms with Crippen molar-refractivity contribution in [3.05, 3.63) is 64.8 Å². The van der Waals surface area contributed by atoms with Crippen LogP contribution in [0.2, 0.25) is 0 Å². The summed E-state index contributed by atoms with van der Waals surface area (Å²) in [5, 5.41) is 2.84. The largest absolute Gasteiger partial charge is 0.497 e. The number of anilines is 2. The summed E-state index contributed by atoms with van der Waals surface area (Å²) in [7, 11) is 1.55. The second kappa shape index (κ2) is 7.22. The van der Waals surface area contributed by atoms with Crippen LogP contribution in [0, 0.1) is 0 Å². The normalized spacial score (nSPS) is 14.4. The molecule has 5 nitrogen and oxygen atoms in total. The number of nitrogens with one attached hydrogen (secondary N) is 1. The molecule has 0 aliphatic carbocycles. The third kappa shape index (κ3) is 3.30. The van der Waals surface area contributed by atoms with Gasteiger partial charge < -0.3 is 10.1 Å². The topological polar surface area (TPSA) is 58.6 Å². The number of carbonyl (C=O) groups is 2. The summed E-state index contributed by atoms with van der Waals surface area (Å²) >= 11 is 6.14. The Kier molecular flexibility index (Phi) is 5.00. The standard InChI is InChI=1S/C20H19ClN2O3/c1-12(2)13-4-6-14(7-5-13)22-18-17(21)19(24)23(20(18)25)15-8-10-16(26-3)11-9-15/h4-12,22H,1-3H3. The second-order valence-electron chi connectivity index (χ2n) is 6.23. The number of carbonyl (C=O) groups excluding carboxylic acids is 2. The van der Waals surface area contributed by atoms with Gasteiger partial charge in [-0.15, -0.1) is 0 Å². The van der Waals surface area contributed by atoms with Crippen molar-refractivity contribution in [3.63, 3.8) is 0 Å². The van der Waals surface area contributed by atoms with E-state index in [0.717, 1.165) is 4.90 Å². The molecule has 0 fully saturated rings. The summed E-state index contributed by atoms with van der Waals surface area (Å²) in [5.41, 5.74) is 2.39. The number of hydrogen-bond acceptors (Lipinski definition) is 4. The lowest BCUT2D eigenvalue weighted by Gasteiger charge is -2.15. The molecule has 2 aromatic rings. The van der Waals surface area contributed by atoms with Crippen LogP contribution in [0.15, 0.2) is 59.3 Å². The van der Waals surface area contributed by atoms with Crippen LogP contribution >= 0.6 is 11.6 Å². The van der Waals surface area contributed by atoms with Crippen LogP contribution in [-0.2, 0) is 9.59 Å². The average Bonchev–Trinajstić information content (AvgIpc) is 2.86. The number of rotatable bonds is 5. The molecule has 1 aliphatic heterocycles. The van der Waals surface area contributed by atoms with E-state index >= 15 is 0 Å². The van der Waals surface area contributed by atoms with E-state index in [1.54, 1.807) is 31.4 Å². The zero-order chi connectivity index (χ0) is 18.8. The van der Waals surface area contributed by atoms with E-state index in [4.69, 9.17) is 16.3 Å². The highest BCUT2D eigenvalue weighted by Gasteiger charge is 2.38. The third-order valence-electron chi connectivity index (χ3n) is 4.20. The van der Waals surface area contributed by atoms with Crippen LogP contribution < -0.4 is 15.0 Å². The Hall–Kier alpha value is -2.79. The summed E-state index contributed by atoms with van der Waals surface area (Å²) in [6, 6.07) is 14.3. The number of nitrogens with zero attached hydrogens (tertiary/aromatic N) is 1. The van der Waals surface area contributed by atoms with Crippen LogP contribution in [0.25, 0.3) is 0 Å². The molecule has 3 rings (SSSR count). The molecule has 0 saturated heterocycles. The van der Waals surface area contributed by atoms with Gasteiger partial charge in [-0.1, -0.05) is 37.6 Å². The highest BCUT2D eigenvalue weighted by Crippen LogP contribution is 2.31. The lowest BCUT2D eigenvalue weighted by Crippen LogP contribution is -2.32. The Morgan fingerprint density at radius 3 is 2.12 bits per heavy atom. The van der Waals surface area contributed by atoms with Gasteiger partial charge in [0.25, 0.3) is 11.8 Å². The maximum absolute atomic E-state index is 12.7. The Morgan fingerprint density at radius 2 is 1.58 bits per heavy atom. The number of halogens is 1. The molecule has 26 heavy (non-hydrogen) atoms. The fraction of sp³-hybridized carbons (Fsp3) is 0.200. The molecule has 2 amide bonds. The van der Waals surface area contributed by atoms with Gasteiger partial charge in [0.15, 0.2) is 0 Å². The van der Waals surface area contributed by atoms with E-state index < -0.39 is 11.8 Å². The molecule has 0 bridgehead atoms. The van der Waals surface area contributed by atoms with Crippen LogP contribution in [0.5, 0.6) is 5.75 Å². The van der Waals surface area contributed by atoms with E-state index in [2.05, 4.69) is 19.2 Å². The first-order valence-corrected chi connectivity index (χ1v) is 8.59. The van der Waals surface area contributed by atoms with Gasteiger partial charge in [-0.3, -0.25) is 9.59 Å². The molecule has 0 unspecified atom stereocenters. The van der Waals surface area contributed by atoms with Gasteiger partial charge in [0.1, 0.15) is 16.5 Å². The SMILES string of the molecule is COc1ccc(N2C(=O)C(Cl)=C(Nc3ccc(C(C)C)cc3)C2=O)cc1. The summed E-state index contributed by atoms with van der Waals surface area (Å²) in [6.07, 6.45) is 0. The van der Waals surface area contributed by atoms with Crippen LogP contribution in [0.1, 0.15) is 25.3 Å². The molecule has 0 aromatic heterocycles. The van der Waals surface area contributed by atoms with Gasteiger partial charge in [0.05, 0.1) is 12.8 Å². The van der Waals surface area contributed by atoms with Gasteiger partial charge in [-0.2, -0.15) is 0 Å². The smallest absolute Gasteiger partial charge is 0.283 e. The molecule has 2 aromatic carbocycles. The van der Waals surface area contributed by atoms with Crippen molar-refractivity contribution in [1.29, 1.82) is 0 Å². The number of methoxy groups -OCH3 is 1. The molecule has 1 N–H and O–H groups in total. The lowest BCUT2D eigenvalue weighted by molar-refractivity contribution is -0.120. The lowest BCUT2D eigenvalue weighted by atomic mass is 10.0. The quantitative estimate of drug-likeness (QED) is 0.799. The minimum atomic E-state index is -0.553. The van der Waals surface area contributed by atoms with Gasteiger partial charge in [-0.25, -0.2) is 4.90 Å². The van der Waals surface area contributed by atoms with Gasteiger partial charge in [0.2, 0.25) is 0 Å². The van der Waals surface area contributed by atoms with E-state index in [0.29, 0.717) is 23.0 Å². The number of imide groups is 1. The molecule has 0 spiro atoms. The van der Waals surface area contributed by atoms with E-state index in [-0.39, 0.29) is 10.7 Å². The first kappa shape index (κ1) is 18.0. The summed E-state index contributed by atoms with van der Waals surface area (Å²) < 4.78 is 5.10. The maximum atomic E-state index is 12.7. The molecule has 6 heteroatoms. The monoisotopic (exact) mass is 370 g/mol. The first-order valence-electron chi connectivity index (χ1n) is 8.22. The zero-order valence-corrected chi connectivity index (χ0v) is 15.5. The van der Waals surface area contributed by atoms with E-state index in [1.807, 2.05) is 24.3 Å². The average molecular weight is 371 g/mol. The van der Waals surface area contributed by atoms with Crippen LogP contribution in [-0.4, -0.2) is 18.9 Å². The Bertz CT molecular complexity index is 871.